The molecule has 1 aliphatic heterocycles. The SMILES string of the molecule is CCN(CC)CCOc1ccc(-c2c(F)cnc3[nH]c4cnc(-c5cccnc5)cc4c23)cc1.CCN(CC)CCOc1ccc(B2OC(C)(C)C(C)(C)O2)cc1.Fc1cnc2[nH]c3cnc(-c4cccnc4)cc3c2c1I. The maximum atomic E-state index is 15.2. The number of nitrogens with zero attached hydrogens (tertiary/aromatic N) is 8. The lowest BCUT2D eigenvalue weighted by molar-refractivity contribution is 0.00578. The lowest BCUT2D eigenvalue weighted by atomic mass is 9.79. The first-order chi connectivity index (χ1) is 37.7. The topological polar surface area (TPSA) is 152 Å². The third-order valence-electron chi connectivity index (χ3n) is 14.5. The van der Waals surface area contributed by atoms with Gasteiger partial charge in [-0.2, -0.15) is 0 Å². The third kappa shape index (κ3) is 12.5. The largest absolute Gasteiger partial charge is 0.494 e. The Morgan fingerprint density at radius 1 is 0.564 bits per heavy atom. The van der Waals surface area contributed by atoms with Crippen LogP contribution in [-0.4, -0.2) is 120 Å². The van der Waals surface area contributed by atoms with Crippen LogP contribution in [0.3, 0.4) is 0 Å². The fourth-order valence-corrected chi connectivity index (χ4v) is 9.83. The molecule has 10 aromatic rings. The van der Waals surface area contributed by atoms with E-state index in [1.807, 2.05) is 108 Å². The van der Waals surface area contributed by atoms with Crippen molar-refractivity contribution in [2.24, 2.45) is 0 Å². The van der Waals surface area contributed by atoms with Gasteiger partial charge in [0.05, 0.1) is 62.0 Å². The highest BCUT2D eigenvalue weighted by Gasteiger charge is 2.51. The van der Waals surface area contributed by atoms with Gasteiger partial charge in [0.25, 0.3) is 0 Å². The van der Waals surface area contributed by atoms with Gasteiger partial charge in [-0.1, -0.05) is 52.0 Å². The normalized spacial score (nSPS) is 13.8. The van der Waals surface area contributed by atoms with Crippen molar-refractivity contribution in [3.8, 4) is 45.1 Å². The van der Waals surface area contributed by atoms with E-state index in [2.05, 4.69) is 105 Å². The predicted octanol–water partition coefficient (Wildman–Crippen LogP) is 12.3. The summed E-state index contributed by atoms with van der Waals surface area (Å²) in [7, 11) is -0.315. The summed E-state index contributed by atoms with van der Waals surface area (Å²) < 4.78 is 53.3. The van der Waals surface area contributed by atoms with Gasteiger partial charge in [-0.05, 0) is 148 Å². The molecule has 18 heteroatoms. The maximum Gasteiger partial charge on any atom is 0.494 e. The molecule has 8 aromatic heterocycles. The molecule has 0 radical (unpaired) electrons. The van der Waals surface area contributed by atoms with Gasteiger partial charge in [0.15, 0.2) is 5.82 Å². The Balaban J connectivity index is 0.000000148. The Bertz CT molecular complexity index is 3580. The number of fused-ring (bicyclic) bond motifs is 6. The number of hydrogen-bond acceptors (Lipinski definition) is 12. The highest BCUT2D eigenvalue weighted by atomic mass is 127. The van der Waals surface area contributed by atoms with Crippen LogP contribution in [0.1, 0.15) is 55.4 Å². The second-order valence-electron chi connectivity index (χ2n) is 19.7. The van der Waals surface area contributed by atoms with Crippen LogP contribution < -0.4 is 14.9 Å². The van der Waals surface area contributed by atoms with Gasteiger partial charge < -0.3 is 38.6 Å². The number of rotatable bonds is 16. The first kappa shape index (κ1) is 55.8. The lowest BCUT2D eigenvalue weighted by Gasteiger charge is -2.32. The second kappa shape index (κ2) is 24.8. The van der Waals surface area contributed by atoms with E-state index in [0.717, 1.165) is 117 Å². The highest BCUT2D eigenvalue weighted by molar-refractivity contribution is 14.1. The third-order valence-corrected chi connectivity index (χ3v) is 15.5. The van der Waals surface area contributed by atoms with Crippen molar-refractivity contribution in [3.63, 3.8) is 0 Å². The molecule has 0 amide bonds. The summed E-state index contributed by atoms with van der Waals surface area (Å²) in [6, 6.07) is 27.1. The van der Waals surface area contributed by atoms with Gasteiger partial charge in [-0.15, -0.1) is 0 Å². The Kier molecular flexibility index (Phi) is 17.7. The second-order valence-corrected chi connectivity index (χ2v) is 20.8. The number of aromatic nitrogens is 8. The maximum absolute atomic E-state index is 15.2. The molecule has 0 bridgehead atoms. The Morgan fingerprint density at radius 3 is 1.50 bits per heavy atom. The number of likely N-dealkylation sites (N-methyl/N-ethyl adjacent to an activating group) is 2. The van der Waals surface area contributed by atoms with Crippen LogP contribution in [0.25, 0.3) is 77.5 Å². The number of benzene rings is 2. The van der Waals surface area contributed by atoms with E-state index in [1.165, 1.54) is 12.4 Å². The zero-order chi connectivity index (χ0) is 55.0. The molecular weight excluding hydrogens is 1100 g/mol. The van der Waals surface area contributed by atoms with Gasteiger partial charge in [0.1, 0.15) is 41.8 Å². The lowest BCUT2D eigenvalue weighted by Crippen LogP contribution is -2.41. The number of pyridine rings is 6. The molecule has 2 N–H and O–H groups in total. The van der Waals surface area contributed by atoms with Crippen molar-refractivity contribution in [2.45, 2.75) is 66.6 Å². The molecule has 1 fully saturated rings. The molecular formula is C60H64BF2IN10O4. The van der Waals surface area contributed by atoms with E-state index in [4.69, 9.17) is 18.8 Å². The van der Waals surface area contributed by atoms with Crippen molar-refractivity contribution in [3.05, 3.63) is 150 Å². The highest BCUT2D eigenvalue weighted by Crippen LogP contribution is 2.39. The van der Waals surface area contributed by atoms with Crippen LogP contribution in [0.15, 0.2) is 135 Å². The van der Waals surface area contributed by atoms with E-state index in [0.29, 0.717) is 33.6 Å². The summed E-state index contributed by atoms with van der Waals surface area (Å²) in [5, 5.41) is 3.30. The van der Waals surface area contributed by atoms with E-state index in [9.17, 15) is 4.39 Å². The summed E-state index contributed by atoms with van der Waals surface area (Å²) >= 11 is 2.01. The van der Waals surface area contributed by atoms with Crippen molar-refractivity contribution in [1.29, 1.82) is 0 Å². The van der Waals surface area contributed by atoms with E-state index in [-0.39, 0.29) is 30.0 Å². The number of nitrogens with one attached hydrogen (secondary N) is 2. The summed E-state index contributed by atoms with van der Waals surface area (Å²) in [5.74, 6) is 0.966. The monoisotopic (exact) mass is 1160 g/mol. The average Bonchev–Trinajstić information content (AvgIpc) is 4.29. The molecule has 14 nitrogen and oxygen atoms in total. The standard InChI is InChI=1S/C27H26FN5O.C18H30BNO3.C15H8FIN4/c1-3-33(4-2)12-13-34-20-9-7-18(8-10-20)25-22(28)16-31-27-26(25)21-14-23(30-17-24(21)32-27)19-6-5-11-29-15-19;1-7-20(8-2)13-14-21-16-11-9-15(10-12-16)19-22-17(3,4)18(5,6)23-19;16-10-6-20-15-13(14(10)17)9-4-11(19-7-12(9)21-15)8-2-1-3-18-5-8/h5-11,14-17H,3-4,12-13H2,1-2H3,(H,31,32);9-12H,7-8,13-14H2,1-6H3;1-7H,(H,20,21). The van der Waals surface area contributed by atoms with Crippen LogP contribution >= 0.6 is 22.6 Å². The smallest absolute Gasteiger partial charge is 0.492 e. The summed E-state index contributed by atoms with van der Waals surface area (Å²) in [4.78, 5) is 36.8. The molecule has 0 aliphatic carbocycles. The van der Waals surface area contributed by atoms with Gasteiger partial charge in [0.2, 0.25) is 0 Å². The van der Waals surface area contributed by atoms with Crippen molar-refractivity contribution in [1.82, 2.24) is 49.7 Å². The van der Waals surface area contributed by atoms with Crippen LogP contribution in [0.5, 0.6) is 11.5 Å². The summed E-state index contributed by atoms with van der Waals surface area (Å²) in [6.45, 7) is 24.1. The summed E-state index contributed by atoms with van der Waals surface area (Å²) in [5.41, 5.74) is 8.02. The average molecular weight is 1160 g/mol. The molecule has 402 valence electrons. The van der Waals surface area contributed by atoms with E-state index in [1.54, 1.807) is 37.2 Å². The molecule has 0 saturated carbocycles. The molecule has 2 aromatic carbocycles. The molecule has 9 heterocycles. The minimum absolute atomic E-state index is 0.309. The number of halogens is 3. The van der Waals surface area contributed by atoms with Gasteiger partial charge in [0, 0.05) is 76.1 Å². The Hall–Kier alpha value is -6.97. The fraction of sp³-hybridized carbons (Fsp3) is 0.300. The number of aromatic amines is 2. The first-order valence-corrected chi connectivity index (χ1v) is 27.4. The van der Waals surface area contributed by atoms with Gasteiger partial charge in [-0.25, -0.2) is 18.7 Å². The predicted molar refractivity (Wildman–Crippen MR) is 316 cm³/mol. The number of H-pyrrole nitrogens is 2. The van der Waals surface area contributed by atoms with Crippen molar-refractivity contribution in [2.75, 3.05) is 52.5 Å². The first-order valence-electron chi connectivity index (χ1n) is 26.3. The quantitative estimate of drug-likeness (QED) is 0.0699. The van der Waals surface area contributed by atoms with Crippen LogP contribution in [0.2, 0.25) is 0 Å². The molecule has 1 aliphatic rings. The molecule has 0 unspecified atom stereocenters. The van der Waals surface area contributed by atoms with E-state index < -0.39 is 0 Å². The molecule has 11 rings (SSSR count). The van der Waals surface area contributed by atoms with Gasteiger partial charge >= 0.3 is 7.12 Å². The summed E-state index contributed by atoms with van der Waals surface area (Å²) in [6.07, 6.45) is 13.0. The Labute approximate surface area is 467 Å². The van der Waals surface area contributed by atoms with Crippen molar-refractivity contribution >= 4 is 79.0 Å². The van der Waals surface area contributed by atoms with E-state index >= 15 is 4.39 Å². The van der Waals surface area contributed by atoms with Crippen LogP contribution in [0, 0.1) is 15.2 Å². The van der Waals surface area contributed by atoms with Crippen LogP contribution in [-0.2, 0) is 9.31 Å². The number of ether oxygens (including phenoxy) is 2. The zero-order valence-corrected chi connectivity index (χ0v) is 47.4. The fourth-order valence-electron chi connectivity index (χ4n) is 9.14. The van der Waals surface area contributed by atoms with Crippen LogP contribution in [0.4, 0.5) is 8.78 Å². The molecule has 1 saturated heterocycles. The zero-order valence-electron chi connectivity index (χ0n) is 45.3. The molecule has 0 atom stereocenters. The minimum atomic E-state index is -0.372. The molecule has 0 spiro atoms. The Morgan fingerprint density at radius 2 is 1.03 bits per heavy atom. The van der Waals surface area contributed by atoms with Gasteiger partial charge in [-0.3, -0.25) is 19.9 Å². The number of hydrogen-bond donors (Lipinski definition) is 2. The minimum Gasteiger partial charge on any atom is -0.492 e. The molecule has 78 heavy (non-hydrogen) atoms. The van der Waals surface area contributed by atoms with Crippen molar-refractivity contribution < 1.29 is 27.6 Å².